The third-order valence-corrected chi connectivity index (χ3v) is 8.87. The van der Waals surface area contributed by atoms with E-state index in [4.69, 9.17) is 4.42 Å². The van der Waals surface area contributed by atoms with Gasteiger partial charge in [-0.2, -0.15) is 0 Å². The van der Waals surface area contributed by atoms with Crippen molar-refractivity contribution in [2.45, 2.75) is 60.3 Å². The molecule has 0 saturated carbocycles. The topological polar surface area (TPSA) is 63.3 Å². The van der Waals surface area contributed by atoms with E-state index in [1.807, 2.05) is 64.2 Å². The Morgan fingerprint density at radius 1 is 0.804 bits per heavy atom. The molecule has 0 aliphatic rings. The van der Waals surface area contributed by atoms with Crippen molar-refractivity contribution in [1.82, 2.24) is 4.98 Å². The molecule has 2 aromatic heterocycles. The summed E-state index contributed by atoms with van der Waals surface area (Å²) in [5.74, 6) is 0.547. The van der Waals surface area contributed by atoms with Gasteiger partial charge in [-0.05, 0) is 60.3 Å². The van der Waals surface area contributed by atoms with Crippen molar-refractivity contribution in [3.8, 4) is 22.4 Å². The Kier molecular flexibility index (Phi) is 12.1. The number of allylic oxidation sites excluding steroid dienone is 2. The van der Waals surface area contributed by atoms with Crippen molar-refractivity contribution in [1.29, 1.82) is 0 Å². The fourth-order valence-electron chi connectivity index (χ4n) is 6.16. The predicted molar refractivity (Wildman–Crippen MR) is 187 cm³/mol. The maximum Gasteiger partial charge on any atom is 0.162 e. The first-order valence-corrected chi connectivity index (χ1v) is 16.1. The zero-order valence-corrected chi connectivity index (χ0v) is 29.7. The molecule has 0 unspecified atom stereocenters. The van der Waals surface area contributed by atoms with E-state index in [1.54, 1.807) is 0 Å². The standard InChI is InChI=1S/C28H18NO.C13H24O2.Ir/c1-18-17-19(25-10-4-5-16-29-25)12-13-20(18)21-8-6-9-23-22(21)14-15-27-28(23)24-7-2-3-11-26(24)30-27;1-5-10(6-2)12(14)9-13(15)11(7-3)8-4;/h2-11,13-17H,1H3;9-11,14H,5-8H2,1-4H3;/q-1;;/b;12-9-;. The minimum absolute atomic E-state index is 0. The molecular formula is C41H42IrNO3-. The van der Waals surface area contributed by atoms with Crippen LogP contribution in [0.25, 0.3) is 55.1 Å². The molecule has 0 aliphatic heterocycles. The number of aryl methyl sites for hydroxylation is 1. The number of aliphatic hydroxyl groups excluding tert-OH is 1. The zero-order chi connectivity index (χ0) is 31.9. The number of rotatable bonds is 9. The zero-order valence-electron chi connectivity index (χ0n) is 27.3. The summed E-state index contributed by atoms with van der Waals surface area (Å²) >= 11 is 0. The van der Waals surface area contributed by atoms with Gasteiger partial charge in [0.2, 0.25) is 0 Å². The molecule has 1 radical (unpaired) electrons. The van der Waals surface area contributed by atoms with Crippen LogP contribution in [0.5, 0.6) is 0 Å². The Hall–Kier alpha value is -4.05. The minimum Gasteiger partial charge on any atom is -0.512 e. The predicted octanol–water partition coefficient (Wildman–Crippen LogP) is 11.4. The van der Waals surface area contributed by atoms with Crippen LogP contribution < -0.4 is 0 Å². The molecule has 0 spiro atoms. The molecule has 0 aliphatic carbocycles. The number of aromatic nitrogens is 1. The van der Waals surface area contributed by atoms with E-state index in [2.05, 4.69) is 72.6 Å². The largest absolute Gasteiger partial charge is 0.512 e. The van der Waals surface area contributed by atoms with Crippen LogP contribution in [0.1, 0.15) is 58.9 Å². The Bertz CT molecular complexity index is 1950. The van der Waals surface area contributed by atoms with Gasteiger partial charge in [-0.3, -0.25) is 4.79 Å². The molecular weight excluding hydrogens is 747 g/mol. The molecule has 6 rings (SSSR count). The van der Waals surface area contributed by atoms with E-state index >= 15 is 0 Å². The van der Waals surface area contributed by atoms with Crippen LogP contribution in [-0.4, -0.2) is 15.9 Å². The van der Waals surface area contributed by atoms with Gasteiger partial charge in [-0.1, -0.05) is 100 Å². The minimum atomic E-state index is 0. The van der Waals surface area contributed by atoms with E-state index < -0.39 is 0 Å². The number of nitrogens with zero attached hydrogens (tertiary/aromatic N) is 1. The number of furan rings is 1. The first kappa shape index (κ1) is 34.8. The SMILES string of the molecule is CCC(CC)C(=O)/C=C(\O)C(CC)CC.Cc1cc(-c2ccccn2)[c-]cc1-c1cccc2c1ccc1oc3ccccc3c12.[Ir]. The molecule has 0 amide bonds. The first-order chi connectivity index (χ1) is 21.9. The van der Waals surface area contributed by atoms with Crippen molar-refractivity contribution < 1.29 is 34.4 Å². The van der Waals surface area contributed by atoms with Crippen molar-refractivity contribution in [3.63, 3.8) is 0 Å². The van der Waals surface area contributed by atoms with Gasteiger partial charge >= 0.3 is 0 Å². The molecule has 239 valence electrons. The second-order valence-corrected chi connectivity index (χ2v) is 11.6. The normalized spacial score (nSPS) is 11.6. The number of hydrogen-bond donors (Lipinski definition) is 1. The summed E-state index contributed by atoms with van der Waals surface area (Å²) in [4.78, 5) is 16.2. The van der Waals surface area contributed by atoms with E-state index in [0.717, 1.165) is 53.5 Å². The first-order valence-electron chi connectivity index (χ1n) is 16.1. The molecule has 46 heavy (non-hydrogen) atoms. The monoisotopic (exact) mass is 789 g/mol. The van der Waals surface area contributed by atoms with Crippen molar-refractivity contribution in [2.75, 3.05) is 0 Å². The van der Waals surface area contributed by atoms with E-state index in [9.17, 15) is 9.90 Å². The van der Waals surface area contributed by atoms with Gasteiger partial charge in [0.25, 0.3) is 0 Å². The third-order valence-electron chi connectivity index (χ3n) is 8.87. The van der Waals surface area contributed by atoms with Crippen molar-refractivity contribution in [2.24, 2.45) is 11.8 Å². The Morgan fingerprint density at radius 3 is 2.17 bits per heavy atom. The molecule has 0 bridgehead atoms. The maximum atomic E-state index is 11.7. The third kappa shape index (κ3) is 7.33. The molecule has 6 aromatic rings. The fraction of sp³-hybridized carbons (Fsp3) is 0.268. The summed E-state index contributed by atoms with van der Waals surface area (Å²) in [5.41, 5.74) is 7.41. The van der Waals surface area contributed by atoms with Crippen molar-refractivity contribution in [3.05, 3.63) is 115 Å². The summed E-state index contributed by atoms with van der Waals surface area (Å²) in [6, 6.07) is 32.6. The molecule has 0 saturated heterocycles. The van der Waals surface area contributed by atoms with E-state index in [0.29, 0.717) is 0 Å². The fourth-order valence-corrected chi connectivity index (χ4v) is 6.16. The molecule has 1 N–H and O–H groups in total. The van der Waals surface area contributed by atoms with Gasteiger partial charge in [0.1, 0.15) is 11.2 Å². The number of aliphatic hydroxyl groups is 1. The number of hydrogen-bond acceptors (Lipinski definition) is 4. The van der Waals surface area contributed by atoms with Gasteiger partial charge in [-0.15, -0.1) is 29.3 Å². The average Bonchev–Trinajstić information content (AvgIpc) is 3.46. The van der Waals surface area contributed by atoms with Gasteiger partial charge in [0, 0.05) is 55.0 Å². The van der Waals surface area contributed by atoms with Crippen LogP contribution in [0, 0.1) is 24.8 Å². The van der Waals surface area contributed by atoms with Crippen LogP contribution in [0.2, 0.25) is 0 Å². The Morgan fingerprint density at radius 2 is 1.50 bits per heavy atom. The summed E-state index contributed by atoms with van der Waals surface area (Å²) in [5, 5.41) is 14.5. The van der Waals surface area contributed by atoms with Gasteiger partial charge in [0.15, 0.2) is 5.78 Å². The number of para-hydroxylation sites is 1. The summed E-state index contributed by atoms with van der Waals surface area (Å²) in [7, 11) is 0. The van der Waals surface area contributed by atoms with E-state index in [-0.39, 0.29) is 43.5 Å². The molecule has 2 heterocycles. The smallest absolute Gasteiger partial charge is 0.162 e. The van der Waals surface area contributed by atoms with Crippen LogP contribution in [0.15, 0.2) is 107 Å². The number of pyridine rings is 1. The van der Waals surface area contributed by atoms with Crippen LogP contribution in [0.4, 0.5) is 0 Å². The second-order valence-electron chi connectivity index (χ2n) is 11.6. The van der Waals surface area contributed by atoms with Crippen LogP contribution in [-0.2, 0) is 24.9 Å². The second kappa shape index (κ2) is 16.0. The average molecular weight is 789 g/mol. The molecule has 4 nitrogen and oxygen atoms in total. The van der Waals surface area contributed by atoms with Gasteiger partial charge in [0.05, 0.1) is 5.76 Å². The van der Waals surface area contributed by atoms with Gasteiger partial charge < -0.3 is 14.5 Å². The summed E-state index contributed by atoms with van der Waals surface area (Å²) < 4.78 is 6.08. The van der Waals surface area contributed by atoms with E-state index in [1.165, 1.54) is 38.9 Å². The van der Waals surface area contributed by atoms with Crippen LogP contribution in [0.3, 0.4) is 0 Å². The number of fused-ring (bicyclic) bond motifs is 5. The number of benzene rings is 4. The van der Waals surface area contributed by atoms with Gasteiger partial charge in [-0.25, -0.2) is 0 Å². The molecule has 0 fully saturated rings. The Labute approximate surface area is 285 Å². The number of carbonyl (C=O) groups is 1. The molecule has 5 heteroatoms. The Balaban J connectivity index is 0.000000259. The number of carbonyl (C=O) groups excluding carboxylic acids is 1. The molecule has 0 atom stereocenters. The molecule has 4 aromatic carbocycles. The quantitative estimate of drug-likeness (QED) is 0.0900. The summed E-state index contributed by atoms with van der Waals surface area (Å²) in [6.45, 7) is 10.2. The number of ketones is 1. The van der Waals surface area contributed by atoms with Crippen LogP contribution >= 0.6 is 0 Å². The summed E-state index contributed by atoms with van der Waals surface area (Å²) in [6.07, 6.45) is 6.72. The van der Waals surface area contributed by atoms with Crippen molar-refractivity contribution >= 4 is 38.5 Å². The maximum absolute atomic E-state index is 11.7.